The summed E-state index contributed by atoms with van der Waals surface area (Å²) in [6.07, 6.45) is 2.87. The van der Waals surface area contributed by atoms with Gasteiger partial charge < -0.3 is 4.74 Å². The number of rotatable bonds is 7. The molecule has 0 aliphatic carbocycles. The Balaban J connectivity index is 3.60. The number of ether oxygens (including phenoxy) is 1. The summed E-state index contributed by atoms with van der Waals surface area (Å²) in [5, 5.41) is 0. The topological polar surface area (TPSA) is 44.8 Å². The van der Waals surface area contributed by atoms with Gasteiger partial charge in [-0.05, 0) is 26.7 Å². The van der Waals surface area contributed by atoms with E-state index in [0.29, 0.717) is 6.61 Å². The predicted octanol–water partition coefficient (Wildman–Crippen LogP) is 3.45. The van der Waals surface area contributed by atoms with Crippen molar-refractivity contribution in [2.75, 3.05) is 6.61 Å². The van der Waals surface area contributed by atoms with E-state index in [1.165, 1.54) is 0 Å². The van der Waals surface area contributed by atoms with Crippen molar-refractivity contribution in [1.29, 1.82) is 0 Å². The SMILES string of the molecule is CCCCOC(=O)OOC(C)(C)CCC. The van der Waals surface area contributed by atoms with Gasteiger partial charge >= 0.3 is 6.16 Å². The summed E-state index contributed by atoms with van der Waals surface area (Å²) in [6.45, 7) is 8.19. The molecule has 15 heavy (non-hydrogen) atoms. The van der Waals surface area contributed by atoms with Crippen LogP contribution >= 0.6 is 0 Å². The van der Waals surface area contributed by atoms with E-state index >= 15 is 0 Å². The lowest BCUT2D eigenvalue weighted by atomic mass is 10.0. The summed E-state index contributed by atoms with van der Waals surface area (Å²) in [5.74, 6) is 0. The lowest BCUT2D eigenvalue weighted by Crippen LogP contribution is -2.26. The van der Waals surface area contributed by atoms with Crippen molar-refractivity contribution < 1.29 is 19.3 Å². The van der Waals surface area contributed by atoms with E-state index in [4.69, 9.17) is 9.62 Å². The summed E-state index contributed by atoms with van der Waals surface area (Å²) < 4.78 is 4.77. The quantitative estimate of drug-likeness (QED) is 0.284. The fraction of sp³-hybridized carbons (Fsp3) is 0.909. The van der Waals surface area contributed by atoms with Crippen LogP contribution in [0, 0.1) is 0 Å². The Morgan fingerprint density at radius 2 is 1.87 bits per heavy atom. The Labute approximate surface area is 91.8 Å². The minimum absolute atomic E-state index is 0.382. The highest BCUT2D eigenvalue weighted by Gasteiger charge is 2.21. The minimum Gasteiger partial charge on any atom is -0.432 e. The molecule has 0 saturated heterocycles. The normalized spacial score (nSPS) is 11.2. The van der Waals surface area contributed by atoms with Crippen molar-refractivity contribution in [3.8, 4) is 0 Å². The summed E-state index contributed by atoms with van der Waals surface area (Å²) in [6, 6.07) is 0. The van der Waals surface area contributed by atoms with Gasteiger partial charge in [0.25, 0.3) is 0 Å². The third-order valence-corrected chi connectivity index (χ3v) is 1.91. The molecule has 0 aromatic rings. The van der Waals surface area contributed by atoms with Crippen molar-refractivity contribution in [2.24, 2.45) is 0 Å². The van der Waals surface area contributed by atoms with Crippen LogP contribution in [0.2, 0.25) is 0 Å². The van der Waals surface area contributed by atoms with Crippen molar-refractivity contribution in [1.82, 2.24) is 0 Å². The van der Waals surface area contributed by atoms with Crippen LogP contribution in [-0.4, -0.2) is 18.4 Å². The van der Waals surface area contributed by atoms with Gasteiger partial charge in [0.1, 0.15) is 5.60 Å². The molecule has 4 nitrogen and oxygen atoms in total. The zero-order valence-electron chi connectivity index (χ0n) is 10.2. The van der Waals surface area contributed by atoms with Crippen LogP contribution in [0.1, 0.15) is 53.4 Å². The van der Waals surface area contributed by atoms with Gasteiger partial charge in [0.2, 0.25) is 0 Å². The Morgan fingerprint density at radius 1 is 1.20 bits per heavy atom. The molecule has 0 rings (SSSR count). The first-order valence-corrected chi connectivity index (χ1v) is 5.54. The molecular weight excluding hydrogens is 196 g/mol. The number of hydrogen-bond acceptors (Lipinski definition) is 4. The van der Waals surface area contributed by atoms with Crippen LogP contribution in [0.4, 0.5) is 4.79 Å². The smallest absolute Gasteiger partial charge is 0.432 e. The molecule has 0 radical (unpaired) electrons. The van der Waals surface area contributed by atoms with Gasteiger partial charge in [-0.2, -0.15) is 4.89 Å². The lowest BCUT2D eigenvalue weighted by Gasteiger charge is -2.21. The fourth-order valence-electron chi connectivity index (χ4n) is 1.11. The highest BCUT2D eigenvalue weighted by Crippen LogP contribution is 2.16. The first-order chi connectivity index (χ1) is 7.02. The van der Waals surface area contributed by atoms with Gasteiger partial charge in [0.05, 0.1) is 6.61 Å². The summed E-state index contributed by atoms with van der Waals surface area (Å²) >= 11 is 0. The van der Waals surface area contributed by atoms with Gasteiger partial charge in [-0.15, -0.1) is 0 Å². The third-order valence-electron chi connectivity index (χ3n) is 1.91. The Kier molecular flexibility index (Phi) is 7.13. The maximum atomic E-state index is 11.0. The number of carbonyl (C=O) groups is 1. The molecule has 0 aromatic carbocycles. The average Bonchev–Trinajstić information content (AvgIpc) is 2.15. The standard InChI is InChI=1S/C11H22O4/c1-5-7-9-13-10(12)14-15-11(3,4)8-6-2/h5-9H2,1-4H3. The maximum Gasteiger partial charge on any atom is 0.540 e. The molecule has 0 spiro atoms. The zero-order valence-corrected chi connectivity index (χ0v) is 10.2. The van der Waals surface area contributed by atoms with Gasteiger partial charge in [0.15, 0.2) is 0 Å². The Hall–Kier alpha value is -0.770. The van der Waals surface area contributed by atoms with E-state index in [1.807, 2.05) is 27.7 Å². The molecule has 0 bridgehead atoms. The molecule has 0 fully saturated rings. The maximum absolute atomic E-state index is 11.0. The van der Waals surface area contributed by atoms with Crippen LogP contribution in [0.5, 0.6) is 0 Å². The van der Waals surface area contributed by atoms with Crippen molar-refractivity contribution in [2.45, 2.75) is 59.0 Å². The molecule has 90 valence electrons. The molecule has 0 aliphatic heterocycles. The van der Waals surface area contributed by atoms with E-state index in [0.717, 1.165) is 25.7 Å². The lowest BCUT2D eigenvalue weighted by molar-refractivity contribution is -0.318. The summed E-state index contributed by atoms with van der Waals surface area (Å²) in [5.41, 5.74) is -0.446. The summed E-state index contributed by atoms with van der Waals surface area (Å²) in [7, 11) is 0. The molecule has 0 unspecified atom stereocenters. The highest BCUT2D eigenvalue weighted by atomic mass is 17.2. The van der Waals surface area contributed by atoms with E-state index < -0.39 is 11.8 Å². The van der Waals surface area contributed by atoms with Crippen molar-refractivity contribution in [3.63, 3.8) is 0 Å². The monoisotopic (exact) mass is 218 g/mol. The highest BCUT2D eigenvalue weighted by molar-refractivity contribution is 5.58. The molecule has 0 N–H and O–H groups in total. The van der Waals surface area contributed by atoms with Gasteiger partial charge in [-0.1, -0.05) is 26.7 Å². The number of unbranched alkanes of at least 4 members (excludes halogenated alkanes) is 1. The molecule has 0 atom stereocenters. The molecule has 0 heterocycles. The molecule has 0 amide bonds. The van der Waals surface area contributed by atoms with E-state index in [2.05, 4.69) is 4.89 Å². The van der Waals surface area contributed by atoms with Crippen LogP contribution < -0.4 is 0 Å². The second-order valence-corrected chi connectivity index (χ2v) is 4.13. The van der Waals surface area contributed by atoms with Crippen molar-refractivity contribution in [3.05, 3.63) is 0 Å². The van der Waals surface area contributed by atoms with Crippen LogP contribution in [0.25, 0.3) is 0 Å². The van der Waals surface area contributed by atoms with Gasteiger partial charge in [-0.25, -0.2) is 4.79 Å². The number of hydrogen-bond donors (Lipinski definition) is 0. The molecule has 0 aromatic heterocycles. The first kappa shape index (κ1) is 14.2. The molecule has 0 saturated carbocycles. The van der Waals surface area contributed by atoms with E-state index in [-0.39, 0.29) is 0 Å². The largest absolute Gasteiger partial charge is 0.540 e. The Morgan fingerprint density at radius 3 is 2.40 bits per heavy atom. The van der Waals surface area contributed by atoms with Gasteiger partial charge in [0, 0.05) is 0 Å². The molecular formula is C11H22O4. The summed E-state index contributed by atoms with van der Waals surface area (Å²) in [4.78, 5) is 20.5. The third kappa shape index (κ3) is 8.24. The number of carbonyl (C=O) groups excluding carboxylic acids is 1. The zero-order chi connectivity index (χ0) is 11.7. The Bertz CT molecular complexity index is 177. The minimum atomic E-state index is -0.757. The molecule has 0 aliphatic rings. The second-order valence-electron chi connectivity index (χ2n) is 4.13. The second kappa shape index (κ2) is 7.51. The van der Waals surface area contributed by atoms with E-state index in [9.17, 15) is 4.79 Å². The average molecular weight is 218 g/mol. The molecule has 4 heteroatoms. The predicted molar refractivity (Wildman–Crippen MR) is 57.4 cm³/mol. The van der Waals surface area contributed by atoms with Crippen molar-refractivity contribution >= 4 is 6.16 Å². The van der Waals surface area contributed by atoms with Crippen LogP contribution in [0.3, 0.4) is 0 Å². The van der Waals surface area contributed by atoms with Gasteiger partial charge in [-0.3, -0.25) is 4.89 Å². The van der Waals surface area contributed by atoms with E-state index in [1.54, 1.807) is 0 Å². The van der Waals surface area contributed by atoms with Crippen LogP contribution in [-0.2, 0) is 14.5 Å². The first-order valence-electron chi connectivity index (χ1n) is 5.54. The van der Waals surface area contributed by atoms with Crippen LogP contribution in [0.15, 0.2) is 0 Å². The fourth-order valence-corrected chi connectivity index (χ4v) is 1.11.